The average molecular weight is 361 g/mol. The number of rotatable bonds is 5. The molecular formula is C22H23N3O2. The fraction of sp³-hybridized carbons (Fsp3) is 0.364. The topological polar surface area (TPSA) is 73.3 Å². The SMILES string of the molecule is N#Cc1ccc(-c2ccc3oc(CCN4CCCC[C@H]4CO)nc3c2)cc1. The molecule has 1 atom stereocenters. The lowest BCUT2D eigenvalue weighted by atomic mass is 10.0. The normalized spacial score (nSPS) is 17.9. The van der Waals surface area contributed by atoms with Crippen LogP contribution in [0.3, 0.4) is 0 Å². The van der Waals surface area contributed by atoms with Crippen LogP contribution in [0, 0.1) is 11.3 Å². The first-order valence-corrected chi connectivity index (χ1v) is 9.52. The van der Waals surface area contributed by atoms with Crippen molar-refractivity contribution in [3.63, 3.8) is 0 Å². The van der Waals surface area contributed by atoms with Crippen molar-refractivity contribution in [2.45, 2.75) is 31.7 Å². The zero-order valence-electron chi connectivity index (χ0n) is 15.3. The Hall–Kier alpha value is -2.68. The van der Waals surface area contributed by atoms with Crippen LogP contribution in [0.2, 0.25) is 0 Å². The molecule has 27 heavy (non-hydrogen) atoms. The van der Waals surface area contributed by atoms with Gasteiger partial charge in [-0.05, 0) is 54.8 Å². The van der Waals surface area contributed by atoms with Crippen LogP contribution in [0.25, 0.3) is 22.2 Å². The molecule has 3 aromatic rings. The summed E-state index contributed by atoms with van der Waals surface area (Å²) in [6.07, 6.45) is 4.20. The van der Waals surface area contributed by atoms with E-state index in [0.29, 0.717) is 5.56 Å². The number of benzene rings is 2. The van der Waals surface area contributed by atoms with Crippen molar-refractivity contribution in [2.24, 2.45) is 0 Å². The van der Waals surface area contributed by atoms with Crippen molar-refractivity contribution in [3.8, 4) is 17.2 Å². The summed E-state index contributed by atoms with van der Waals surface area (Å²) in [5.74, 6) is 0.740. The number of aliphatic hydroxyl groups excluding tert-OH is 1. The van der Waals surface area contributed by atoms with Gasteiger partial charge in [-0.3, -0.25) is 4.90 Å². The Morgan fingerprint density at radius 1 is 1.15 bits per heavy atom. The van der Waals surface area contributed by atoms with Gasteiger partial charge in [-0.25, -0.2) is 4.98 Å². The zero-order chi connectivity index (χ0) is 18.6. The van der Waals surface area contributed by atoms with E-state index >= 15 is 0 Å². The van der Waals surface area contributed by atoms with Crippen molar-refractivity contribution < 1.29 is 9.52 Å². The van der Waals surface area contributed by atoms with Gasteiger partial charge >= 0.3 is 0 Å². The van der Waals surface area contributed by atoms with Crippen LogP contribution in [-0.4, -0.2) is 40.7 Å². The molecule has 1 fully saturated rings. The molecule has 0 spiro atoms. The maximum absolute atomic E-state index is 9.55. The summed E-state index contributed by atoms with van der Waals surface area (Å²) >= 11 is 0. The minimum Gasteiger partial charge on any atom is -0.441 e. The van der Waals surface area contributed by atoms with Crippen LogP contribution < -0.4 is 0 Å². The third-order valence-corrected chi connectivity index (χ3v) is 5.35. The minimum atomic E-state index is 0.224. The molecular weight excluding hydrogens is 338 g/mol. The standard InChI is InChI=1S/C22H23N3O2/c23-14-16-4-6-17(7-5-16)18-8-9-21-20(13-18)24-22(27-21)10-12-25-11-2-1-3-19(25)15-26/h4-9,13,19,26H,1-3,10-12,15H2/t19-/m0/s1. The largest absolute Gasteiger partial charge is 0.441 e. The molecule has 2 aromatic carbocycles. The number of hydrogen-bond donors (Lipinski definition) is 1. The fourth-order valence-electron chi connectivity index (χ4n) is 3.80. The van der Waals surface area contributed by atoms with Crippen molar-refractivity contribution in [2.75, 3.05) is 19.7 Å². The van der Waals surface area contributed by atoms with E-state index in [9.17, 15) is 5.11 Å². The molecule has 5 nitrogen and oxygen atoms in total. The van der Waals surface area contributed by atoms with Crippen molar-refractivity contribution >= 4 is 11.1 Å². The van der Waals surface area contributed by atoms with E-state index < -0.39 is 0 Å². The van der Waals surface area contributed by atoms with E-state index in [-0.39, 0.29) is 12.6 Å². The second-order valence-electron chi connectivity index (χ2n) is 7.10. The van der Waals surface area contributed by atoms with Gasteiger partial charge in [0.05, 0.1) is 18.2 Å². The Labute approximate surface area is 158 Å². The monoisotopic (exact) mass is 361 g/mol. The van der Waals surface area contributed by atoms with Crippen LogP contribution in [0.5, 0.6) is 0 Å². The Morgan fingerprint density at radius 3 is 2.74 bits per heavy atom. The number of nitrogens with zero attached hydrogens (tertiary/aromatic N) is 3. The van der Waals surface area contributed by atoms with E-state index in [1.165, 1.54) is 12.8 Å². The van der Waals surface area contributed by atoms with Crippen LogP contribution >= 0.6 is 0 Å². The molecule has 0 radical (unpaired) electrons. The van der Waals surface area contributed by atoms with Gasteiger partial charge in [-0.15, -0.1) is 0 Å². The van der Waals surface area contributed by atoms with E-state index in [0.717, 1.165) is 54.0 Å². The van der Waals surface area contributed by atoms with Crippen LogP contribution in [0.4, 0.5) is 0 Å². The lowest BCUT2D eigenvalue weighted by Crippen LogP contribution is -2.42. The number of aromatic nitrogens is 1. The number of fused-ring (bicyclic) bond motifs is 1. The smallest absolute Gasteiger partial charge is 0.196 e. The van der Waals surface area contributed by atoms with Gasteiger partial charge in [0, 0.05) is 19.0 Å². The summed E-state index contributed by atoms with van der Waals surface area (Å²) in [4.78, 5) is 7.01. The quantitative estimate of drug-likeness (QED) is 0.749. The predicted molar refractivity (Wildman–Crippen MR) is 104 cm³/mol. The highest BCUT2D eigenvalue weighted by Gasteiger charge is 2.21. The molecule has 4 rings (SSSR count). The Kier molecular flexibility index (Phi) is 5.19. The second-order valence-corrected chi connectivity index (χ2v) is 7.10. The van der Waals surface area contributed by atoms with Gasteiger partial charge in [-0.1, -0.05) is 24.6 Å². The first-order valence-electron chi connectivity index (χ1n) is 9.52. The predicted octanol–water partition coefficient (Wildman–Crippen LogP) is 3.76. The first kappa shape index (κ1) is 17.7. The summed E-state index contributed by atoms with van der Waals surface area (Å²) < 4.78 is 5.91. The second kappa shape index (κ2) is 7.91. The molecule has 1 saturated heterocycles. The Balaban J connectivity index is 1.49. The molecule has 1 N–H and O–H groups in total. The molecule has 0 aliphatic carbocycles. The summed E-state index contributed by atoms with van der Waals surface area (Å²) in [5, 5.41) is 18.5. The number of nitriles is 1. The Bertz CT molecular complexity index is 956. The van der Waals surface area contributed by atoms with E-state index in [1.54, 1.807) is 0 Å². The molecule has 2 heterocycles. The van der Waals surface area contributed by atoms with E-state index in [4.69, 9.17) is 9.68 Å². The molecule has 1 aliphatic heterocycles. The lowest BCUT2D eigenvalue weighted by Gasteiger charge is -2.34. The van der Waals surface area contributed by atoms with Gasteiger partial charge < -0.3 is 9.52 Å². The summed E-state index contributed by atoms with van der Waals surface area (Å²) in [7, 11) is 0. The van der Waals surface area contributed by atoms with Crippen LogP contribution in [0.15, 0.2) is 46.9 Å². The zero-order valence-corrected chi connectivity index (χ0v) is 15.3. The van der Waals surface area contributed by atoms with Gasteiger partial charge in [0.25, 0.3) is 0 Å². The molecule has 0 saturated carbocycles. The fourth-order valence-corrected chi connectivity index (χ4v) is 3.80. The van der Waals surface area contributed by atoms with Gasteiger partial charge in [0.2, 0.25) is 0 Å². The van der Waals surface area contributed by atoms with Crippen molar-refractivity contribution in [1.82, 2.24) is 9.88 Å². The van der Waals surface area contributed by atoms with E-state index in [2.05, 4.69) is 16.0 Å². The summed E-state index contributed by atoms with van der Waals surface area (Å²) in [6.45, 7) is 2.12. The highest BCUT2D eigenvalue weighted by atomic mass is 16.3. The average Bonchev–Trinajstić information content (AvgIpc) is 3.14. The van der Waals surface area contributed by atoms with Gasteiger partial charge in [0.15, 0.2) is 11.5 Å². The molecule has 0 bridgehead atoms. The number of hydrogen-bond acceptors (Lipinski definition) is 5. The van der Waals surface area contributed by atoms with Crippen LogP contribution in [-0.2, 0) is 6.42 Å². The highest BCUT2D eigenvalue weighted by molar-refractivity contribution is 5.80. The molecule has 0 unspecified atom stereocenters. The molecule has 1 aliphatic rings. The number of piperidine rings is 1. The summed E-state index contributed by atoms with van der Waals surface area (Å²) in [5.41, 5.74) is 4.41. The van der Waals surface area contributed by atoms with Gasteiger partial charge in [-0.2, -0.15) is 5.26 Å². The third-order valence-electron chi connectivity index (χ3n) is 5.35. The first-order chi connectivity index (χ1) is 13.3. The van der Waals surface area contributed by atoms with Gasteiger partial charge in [0.1, 0.15) is 5.52 Å². The number of oxazole rings is 1. The van der Waals surface area contributed by atoms with Crippen LogP contribution in [0.1, 0.15) is 30.7 Å². The maximum atomic E-state index is 9.55. The maximum Gasteiger partial charge on any atom is 0.196 e. The molecule has 5 heteroatoms. The highest BCUT2D eigenvalue weighted by Crippen LogP contribution is 2.25. The number of likely N-dealkylation sites (tertiary alicyclic amines) is 1. The summed E-state index contributed by atoms with van der Waals surface area (Å²) in [6, 6.07) is 16.0. The lowest BCUT2D eigenvalue weighted by molar-refractivity contribution is 0.0899. The third kappa shape index (κ3) is 3.87. The van der Waals surface area contributed by atoms with Crippen molar-refractivity contribution in [3.05, 3.63) is 53.9 Å². The van der Waals surface area contributed by atoms with Crippen molar-refractivity contribution in [1.29, 1.82) is 5.26 Å². The number of aliphatic hydroxyl groups is 1. The molecule has 138 valence electrons. The molecule has 1 aromatic heterocycles. The van der Waals surface area contributed by atoms with E-state index in [1.807, 2.05) is 42.5 Å². The molecule has 0 amide bonds. The Morgan fingerprint density at radius 2 is 1.96 bits per heavy atom. The minimum absolute atomic E-state index is 0.224.